The fourth-order valence-electron chi connectivity index (χ4n) is 4.53. The van der Waals surface area contributed by atoms with Crippen LogP contribution in [0.15, 0.2) is 59.1 Å². The fraction of sp³-hybridized carbons (Fsp3) is 0.276. The van der Waals surface area contributed by atoms with E-state index in [4.69, 9.17) is 10.2 Å². The lowest BCUT2D eigenvalue weighted by Crippen LogP contribution is -2.43. The zero-order valence-corrected chi connectivity index (χ0v) is 22.6. The van der Waals surface area contributed by atoms with Crippen LogP contribution in [0.4, 0.5) is 32.0 Å². The van der Waals surface area contributed by atoms with E-state index < -0.39 is 52.8 Å². The third-order valence-electron chi connectivity index (χ3n) is 6.97. The number of benzene rings is 2. The van der Waals surface area contributed by atoms with Crippen LogP contribution in [0.25, 0.3) is 22.7 Å². The van der Waals surface area contributed by atoms with Crippen LogP contribution >= 0.6 is 0 Å². The van der Waals surface area contributed by atoms with Crippen molar-refractivity contribution in [3.63, 3.8) is 0 Å². The second-order valence-corrected chi connectivity index (χ2v) is 10.6. The van der Waals surface area contributed by atoms with E-state index in [0.29, 0.717) is 22.9 Å². The number of carbonyl (C=O) groups excluding carboxylic acids is 1. The molecule has 0 aliphatic carbocycles. The van der Waals surface area contributed by atoms with Gasteiger partial charge in [0.05, 0.1) is 41.2 Å². The summed E-state index contributed by atoms with van der Waals surface area (Å²) in [5.74, 6) is -6.16. The van der Waals surface area contributed by atoms with Gasteiger partial charge in [-0.05, 0) is 49.7 Å². The Morgan fingerprint density at radius 2 is 1.81 bits per heavy atom. The minimum absolute atomic E-state index is 0.126. The normalized spacial score (nSPS) is 16.9. The summed E-state index contributed by atoms with van der Waals surface area (Å²) in [6.45, 7) is 2.70. The molecule has 4 aromatic rings. The number of rotatable bonds is 5. The summed E-state index contributed by atoms with van der Waals surface area (Å²) in [5, 5.41) is 16.9. The molecule has 2 N–H and O–H groups in total. The molecule has 0 fully saturated rings. The summed E-state index contributed by atoms with van der Waals surface area (Å²) in [7, 11) is 0. The Bertz CT molecular complexity index is 1730. The average Bonchev–Trinajstić information content (AvgIpc) is 3.44. The maximum atomic E-state index is 15.3. The zero-order chi connectivity index (χ0) is 31.3. The van der Waals surface area contributed by atoms with Crippen LogP contribution < -0.4 is 10.6 Å². The molecule has 0 saturated carbocycles. The van der Waals surface area contributed by atoms with Crippen molar-refractivity contribution < 1.29 is 35.6 Å². The number of amides is 1. The number of pyridine rings is 1. The van der Waals surface area contributed by atoms with Crippen molar-refractivity contribution in [3.05, 3.63) is 83.1 Å². The summed E-state index contributed by atoms with van der Waals surface area (Å²) in [5.41, 5.74) is 3.42. The largest absolute Gasteiger partial charge is 0.419 e. The van der Waals surface area contributed by atoms with Gasteiger partial charge >= 0.3 is 6.18 Å². The number of alkyl halides is 5. The maximum absolute atomic E-state index is 15.3. The standard InChI is InChI=1S/C29H22F6N6O2/c1-27(2,14-36)26-40-39-24(43-26)18-9-23-19(10-20(18)30)28(31,32)11-21(37)25(42)41(23)13-15-3-8-22(38-12-15)16-4-6-17(7-5-16)29(33,34)35/h3-10,12,21H,11,13,37H2,1-2H3/t21-/m1/s1. The molecular weight excluding hydrogens is 578 g/mol. The summed E-state index contributed by atoms with van der Waals surface area (Å²) in [4.78, 5) is 18.5. The molecule has 2 aromatic carbocycles. The number of nitriles is 1. The van der Waals surface area contributed by atoms with Crippen molar-refractivity contribution in [2.75, 3.05) is 4.90 Å². The summed E-state index contributed by atoms with van der Waals surface area (Å²) < 4.78 is 89.9. The van der Waals surface area contributed by atoms with E-state index in [1.54, 1.807) is 0 Å². The molecule has 222 valence electrons. The van der Waals surface area contributed by atoms with Gasteiger partial charge in [0.25, 0.3) is 11.8 Å². The summed E-state index contributed by atoms with van der Waals surface area (Å²) in [6.07, 6.45) is -4.22. The quantitative estimate of drug-likeness (QED) is 0.274. The molecule has 0 spiro atoms. The SMILES string of the molecule is CC(C)(C#N)c1nnc(-c2cc3c(cc2F)C(F)(F)C[C@@H](N)C(=O)N3Cc2ccc(-c3ccc(C(F)(F)F)cc3)nc2)o1. The first-order valence-electron chi connectivity index (χ1n) is 12.8. The predicted molar refractivity (Wildman–Crippen MR) is 141 cm³/mol. The van der Waals surface area contributed by atoms with Crippen LogP contribution in [0.3, 0.4) is 0 Å². The maximum Gasteiger partial charge on any atom is 0.416 e. The van der Waals surface area contributed by atoms with Crippen LogP contribution in [-0.2, 0) is 28.9 Å². The molecular formula is C29H22F6N6O2. The predicted octanol–water partition coefficient (Wildman–Crippen LogP) is 6.11. The molecule has 0 saturated heterocycles. The zero-order valence-electron chi connectivity index (χ0n) is 22.6. The van der Waals surface area contributed by atoms with Gasteiger partial charge in [-0.25, -0.2) is 13.2 Å². The first-order valence-corrected chi connectivity index (χ1v) is 12.8. The Morgan fingerprint density at radius 1 is 1.12 bits per heavy atom. The van der Waals surface area contributed by atoms with E-state index in [-0.39, 0.29) is 29.6 Å². The van der Waals surface area contributed by atoms with Gasteiger partial charge in [-0.1, -0.05) is 18.2 Å². The first-order chi connectivity index (χ1) is 20.1. The molecule has 3 heterocycles. The van der Waals surface area contributed by atoms with E-state index in [2.05, 4.69) is 15.2 Å². The number of halogens is 6. The molecule has 0 bridgehead atoms. The molecule has 8 nitrogen and oxygen atoms in total. The molecule has 1 amide bonds. The molecule has 1 aliphatic rings. The highest BCUT2D eigenvalue weighted by molar-refractivity contribution is 5.99. The molecule has 1 atom stereocenters. The van der Waals surface area contributed by atoms with Crippen molar-refractivity contribution in [2.24, 2.45) is 5.73 Å². The number of carbonyl (C=O) groups is 1. The van der Waals surface area contributed by atoms with E-state index in [0.717, 1.165) is 23.1 Å². The highest BCUT2D eigenvalue weighted by atomic mass is 19.4. The highest BCUT2D eigenvalue weighted by Crippen LogP contribution is 2.45. The lowest BCUT2D eigenvalue weighted by Gasteiger charge is -2.25. The van der Waals surface area contributed by atoms with E-state index >= 15 is 13.2 Å². The smallest absolute Gasteiger partial charge is 0.416 e. The van der Waals surface area contributed by atoms with Crippen molar-refractivity contribution in [1.82, 2.24) is 15.2 Å². The third-order valence-corrected chi connectivity index (χ3v) is 6.97. The van der Waals surface area contributed by atoms with Gasteiger partial charge in [0, 0.05) is 23.7 Å². The van der Waals surface area contributed by atoms with Gasteiger partial charge in [-0.3, -0.25) is 9.78 Å². The highest BCUT2D eigenvalue weighted by Gasteiger charge is 2.45. The first kappa shape index (κ1) is 29.7. The molecule has 0 radical (unpaired) electrons. The number of hydrogen-bond donors (Lipinski definition) is 1. The van der Waals surface area contributed by atoms with Crippen LogP contribution in [0, 0.1) is 17.1 Å². The number of hydrogen-bond acceptors (Lipinski definition) is 7. The number of nitrogens with two attached hydrogens (primary N) is 1. The van der Waals surface area contributed by atoms with Gasteiger partial charge in [0.15, 0.2) is 0 Å². The summed E-state index contributed by atoms with van der Waals surface area (Å²) >= 11 is 0. The van der Waals surface area contributed by atoms with Crippen molar-refractivity contribution in [1.29, 1.82) is 5.26 Å². The number of fused-ring (bicyclic) bond motifs is 1. The topological polar surface area (TPSA) is 122 Å². The number of nitrogens with zero attached hydrogens (tertiary/aromatic N) is 5. The molecule has 0 unspecified atom stereocenters. The number of aromatic nitrogens is 3. The minimum Gasteiger partial charge on any atom is -0.419 e. The molecule has 14 heteroatoms. The van der Waals surface area contributed by atoms with Gasteiger partial charge in [-0.15, -0.1) is 10.2 Å². The Balaban J connectivity index is 1.52. The molecule has 1 aliphatic heterocycles. The van der Waals surface area contributed by atoms with E-state index in [1.807, 2.05) is 6.07 Å². The minimum atomic E-state index is -4.49. The second-order valence-electron chi connectivity index (χ2n) is 10.6. The van der Waals surface area contributed by atoms with E-state index in [9.17, 15) is 23.2 Å². The Kier molecular flexibility index (Phi) is 7.25. The van der Waals surface area contributed by atoms with Crippen LogP contribution in [-0.4, -0.2) is 27.1 Å². The molecule has 5 rings (SSSR count). The van der Waals surface area contributed by atoms with Crippen molar-refractivity contribution in [2.45, 2.75) is 50.4 Å². The summed E-state index contributed by atoms with van der Waals surface area (Å²) in [6, 6.07) is 9.32. The Labute approximate surface area is 240 Å². The lowest BCUT2D eigenvalue weighted by atomic mass is 9.96. The van der Waals surface area contributed by atoms with Gasteiger partial charge in [-0.2, -0.15) is 18.4 Å². The van der Waals surface area contributed by atoms with Crippen molar-refractivity contribution in [3.8, 4) is 28.8 Å². The van der Waals surface area contributed by atoms with Crippen molar-refractivity contribution >= 4 is 11.6 Å². The number of anilines is 1. The molecule has 2 aromatic heterocycles. The fourth-order valence-corrected chi connectivity index (χ4v) is 4.53. The lowest BCUT2D eigenvalue weighted by molar-refractivity contribution is -0.137. The Morgan fingerprint density at radius 3 is 2.42 bits per heavy atom. The van der Waals surface area contributed by atoms with Gasteiger partial charge in [0.2, 0.25) is 11.8 Å². The Hall–Kier alpha value is -4.77. The van der Waals surface area contributed by atoms with Gasteiger partial charge in [0.1, 0.15) is 11.2 Å². The second kappa shape index (κ2) is 10.5. The van der Waals surface area contributed by atoms with Crippen LogP contribution in [0.5, 0.6) is 0 Å². The monoisotopic (exact) mass is 600 g/mol. The molecule has 43 heavy (non-hydrogen) atoms. The van der Waals surface area contributed by atoms with Crippen LogP contribution in [0.1, 0.15) is 42.8 Å². The van der Waals surface area contributed by atoms with Gasteiger partial charge < -0.3 is 15.1 Å². The van der Waals surface area contributed by atoms with Crippen LogP contribution in [0.2, 0.25) is 0 Å². The van der Waals surface area contributed by atoms with E-state index in [1.165, 1.54) is 44.3 Å². The average molecular weight is 601 g/mol. The third kappa shape index (κ3) is 5.68.